The van der Waals surface area contributed by atoms with Gasteiger partial charge in [0.05, 0.1) is 35.8 Å². The molecule has 3 aliphatic rings. The Balaban J connectivity index is 1.64. The molecule has 2 aromatic rings. The first-order valence-electron chi connectivity index (χ1n) is 16.1. The minimum Gasteiger partial charge on any atom is -0.494 e. The number of benzene rings is 2. The Bertz CT molecular complexity index is 1470. The molecule has 3 heterocycles. The fourth-order valence-electron chi connectivity index (χ4n) is 7.86. The van der Waals surface area contributed by atoms with Crippen molar-refractivity contribution < 1.29 is 24.2 Å². The summed E-state index contributed by atoms with van der Waals surface area (Å²) in [7, 11) is 0. The van der Waals surface area contributed by atoms with E-state index in [9.17, 15) is 19.5 Å². The molecule has 46 heavy (non-hydrogen) atoms. The zero-order chi connectivity index (χ0) is 33.4. The SMILES string of the molecule is C=CCN(C(=O)[C@H]1[C@H]2C(=O)N([C@H](CO)c3ccccc3)C(C(=O)N(CC=C)C(C)(C)C)C23CC[C@]1(C)S3)c1ccc(OCC)cc1. The highest BCUT2D eigenvalue weighted by Crippen LogP contribution is 2.72. The number of aliphatic hydroxyl groups excluding tert-OH is 1. The van der Waals surface area contributed by atoms with Crippen molar-refractivity contribution in [2.24, 2.45) is 11.8 Å². The summed E-state index contributed by atoms with van der Waals surface area (Å²) in [4.78, 5) is 49.8. The Morgan fingerprint density at radius 2 is 1.72 bits per heavy atom. The Labute approximate surface area is 277 Å². The first-order chi connectivity index (χ1) is 21.9. The second kappa shape index (κ2) is 12.9. The minimum atomic E-state index is -0.871. The van der Waals surface area contributed by atoms with Crippen LogP contribution in [0.3, 0.4) is 0 Å². The molecule has 2 bridgehead atoms. The fourth-order valence-corrected chi connectivity index (χ4v) is 10.2. The van der Waals surface area contributed by atoms with E-state index in [2.05, 4.69) is 20.1 Å². The highest BCUT2D eigenvalue weighted by molar-refractivity contribution is 8.02. The molecule has 2 unspecified atom stereocenters. The highest BCUT2D eigenvalue weighted by Gasteiger charge is 2.78. The van der Waals surface area contributed by atoms with E-state index in [-0.39, 0.29) is 30.9 Å². The lowest BCUT2D eigenvalue weighted by Crippen LogP contribution is -2.59. The Kier molecular flexibility index (Phi) is 9.49. The van der Waals surface area contributed by atoms with Crippen LogP contribution in [0.2, 0.25) is 0 Å². The lowest BCUT2D eigenvalue weighted by atomic mass is 9.66. The van der Waals surface area contributed by atoms with Gasteiger partial charge in [-0.15, -0.1) is 24.9 Å². The molecule has 0 aliphatic carbocycles. The molecule has 246 valence electrons. The van der Waals surface area contributed by atoms with Crippen molar-refractivity contribution in [3.63, 3.8) is 0 Å². The van der Waals surface area contributed by atoms with Gasteiger partial charge >= 0.3 is 0 Å². The minimum absolute atomic E-state index is 0.161. The molecule has 3 aliphatic heterocycles. The third kappa shape index (κ3) is 5.55. The van der Waals surface area contributed by atoms with Crippen molar-refractivity contribution >= 4 is 35.2 Å². The summed E-state index contributed by atoms with van der Waals surface area (Å²) >= 11 is 1.63. The van der Waals surface area contributed by atoms with E-state index in [0.717, 1.165) is 5.56 Å². The van der Waals surface area contributed by atoms with E-state index in [1.54, 1.807) is 38.6 Å². The molecule has 6 atom stereocenters. The molecule has 1 spiro atoms. The second-order valence-corrected chi connectivity index (χ2v) is 15.6. The van der Waals surface area contributed by atoms with Crippen LogP contribution in [-0.4, -0.2) is 80.0 Å². The summed E-state index contributed by atoms with van der Waals surface area (Å²) in [6.45, 7) is 18.5. The van der Waals surface area contributed by atoms with Gasteiger partial charge < -0.3 is 24.5 Å². The van der Waals surface area contributed by atoms with Crippen molar-refractivity contribution in [2.75, 3.05) is 31.2 Å². The van der Waals surface area contributed by atoms with Crippen LogP contribution in [0.25, 0.3) is 0 Å². The first kappa shape index (κ1) is 33.8. The van der Waals surface area contributed by atoms with Crippen molar-refractivity contribution in [2.45, 2.75) is 74.6 Å². The Morgan fingerprint density at radius 1 is 1.07 bits per heavy atom. The first-order valence-corrected chi connectivity index (χ1v) is 17.0. The second-order valence-electron chi connectivity index (χ2n) is 13.7. The van der Waals surface area contributed by atoms with Crippen LogP contribution < -0.4 is 9.64 Å². The molecule has 2 aromatic carbocycles. The number of carbonyl (C=O) groups excluding carboxylic acids is 3. The number of rotatable bonds is 12. The van der Waals surface area contributed by atoms with Crippen molar-refractivity contribution in [3.8, 4) is 5.75 Å². The largest absolute Gasteiger partial charge is 0.494 e. The van der Waals surface area contributed by atoms with Gasteiger partial charge in [0.25, 0.3) is 0 Å². The predicted octanol–water partition coefficient (Wildman–Crippen LogP) is 5.63. The topological polar surface area (TPSA) is 90.4 Å². The smallest absolute Gasteiger partial charge is 0.247 e. The zero-order valence-corrected chi connectivity index (χ0v) is 28.5. The lowest BCUT2D eigenvalue weighted by Gasteiger charge is -2.43. The van der Waals surface area contributed by atoms with Crippen molar-refractivity contribution in [1.29, 1.82) is 0 Å². The molecule has 5 rings (SSSR count). The quantitative estimate of drug-likeness (QED) is 0.301. The standard InChI is InChI=1S/C37H47N3O5S/c1-8-22-38(26-16-18-27(19-17-26)45-10-3)32(42)29-30-33(43)40(28(24-41)25-14-12-11-13-15-25)31(37(30)21-20-36(29,7)46-37)34(44)39(23-9-2)35(4,5)6/h8-9,11-19,28-31,41H,1-2,10,20-24H2,3-7H3/t28-,29-,30+,31?,36+,37?/m1/s1. The molecule has 0 radical (unpaired) electrons. The maximum absolute atomic E-state index is 15.0. The molecule has 9 heteroatoms. The number of amides is 3. The molecule has 3 fully saturated rings. The van der Waals surface area contributed by atoms with E-state index >= 15 is 0 Å². The van der Waals surface area contributed by atoms with Crippen LogP contribution in [0.1, 0.15) is 59.1 Å². The molecule has 3 saturated heterocycles. The Morgan fingerprint density at radius 3 is 2.28 bits per heavy atom. The third-order valence-corrected chi connectivity index (χ3v) is 11.8. The van der Waals surface area contributed by atoms with E-state index in [0.29, 0.717) is 37.4 Å². The maximum atomic E-state index is 15.0. The molecule has 0 saturated carbocycles. The molecular formula is C37H47N3O5S. The average Bonchev–Trinajstić information content (AvgIpc) is 3.60. The van der Waals surface area contributed by atoms with Crippen LogP contribution in [-0.2, 0) is 14.4 Å². The van der Waals surface area contributed by atoms with Crippen LogP contribution in [0.4, 0.5) is 5.69 Å². The zero-order valence-electron chi connectivity index (χ0n) is 27.6. The number of nitrogens with zero attached hydrogens (tertiary/aromatic N) is 3. The van der Waals surface area contributed by atoms with E-state index in [4.69, 9.17) is 4.74 Å². The van der Waals surface area contributed by atoms with Crippen LogP contribution in [0.5, 0.6) is 5.75 Å². The summed E-state index contributed by atoms with van der Waals surface area (Å²) in [5.74, 6) is -1.31. The number of hydrogen-bond donors (Lipinski definition) is 1. The fraction of sp³-hybridized carbons (Fsp3) is 0.486. The molecule has 1 N–H and O–H groups in total. The van der Waals surface area contributed by atoms with E-state index in [1.807, 2.05) is 82.3 Å². The normalized spacial score (nSPS) is 27.2. The van der Waals surface area contributed by atoms with Gasteiger partial charge in [-0.05, 0) is 77.3 Å². The van der Waals surface area contributed by atoms with Crippen molar-refractivity contribution in [1.82, 2.24) is 9.80 Å². The van der Waals surface area contributed by atoms with Crippen molar-refractivity contribution in [3.05, 3.63) is 85.5 Å². The van der Waals surface area contributed by atoms with Gasteiger partial charge in [-0.3, -0.25) is 14.4 Å². The Hall–Kier alpha value is -3.56. The number of thioether (sulfide) groups is 1. The summed E-state index contributed by atoms with van der Waals surface area (Å²) in [5, 5.41) is 10.8. The summed E-state index contributed by atoms with van der Waals surface area (Å²) in [6, 6.07) is 15.1. The van der Waals surface area contributed by atoms with Crippen LogP contribution in [0.15, 0.2) is 79.9 Å². The maximum Gasteiger partial charge on any atom is 0.247 e. The number of fused-ring (bicyclic) bond motifs is 1. The number of carbonyl (C=O) groups is 3. The van der Waals surface area contributed by atoms with E-state index in [1.165, 1.54) is 0 Å². The van der Waals surface area contributed by atoms with Crippen LogP contribution in [0, 0.1) is 11.8 Å². The van der Waals surface area contributed by atoms with Crippen LogP contribution >= 0.6 is 11.8 Å². The van der Waals surface area contributed by atoms with E-state index < -0.39 is 39.0 Å². The number of likely N-dealkylation sites (tertiary alicyclic amines) is 1. The van der Waals surface area contributed by atoms with Gasteiger partial charge in [0.15, 0.2) is 0 Å². The van der Waals surface area contributed by atoms with Gasteiger partial charge in [0.1, 0.15) is 11.8 Å². The molecular weight excluding hydrogens is 598 g/mol. The summed E-state index contributed by atoms with van der Waals surface area (Å²) in [6.07, 6.45) is 4.70. The molecule has 8 nitrogen and oxygen atoms in total. The molecule has 3 amide bonds. The predicted molar refractivity (Wildman–Crippen MR) is 184 cm³/mol. The third-order valence-electron chi connectivity index (χ3n) is 9.83. The van der Waals surface area contributed by atoms with Gasteiger partial charge in [0, 0.05) is 29.1 Å². The summed E-state index contributed by atoms with van der Waals surface area (Å²) < 4.78 is 4.23. The van der Waals surface area contributed by atoms with Gasteiger partial charge in [-0.25, -0.2) is 0 Å². The van der Waals surface area contributed by atoms with Gasteiger partial charge in [-0.1, -0.05) is 42.5 Å². The summed E-state index contributed by atoms with van der Waals surface area (Å²) in [5.41, 5.74) is 0.885. The number of aliphatic hydroxyl groups is 1. The average molecular weight is 646 g/mol. The molecule has 0 aromatic heterocycles. The number of hydrogen-bond acceptors (Lipinski definition) is 6. The number of anilines is 1. The monoisotopic (exact) mass is 645 g/mol. The lowest BCUT2D eigenvalue weighted by molar-refractivity contribution is -0.148. The highest BCUT2D eigenvalue weighted by atomic mass is 32.2. The number of ether oxygens (including phenoxy) is 1. The van der Waals surface area contributed by atoms with Gasteiger partial charge in [-0.2, -0.15) is 0 Å². The van der Waals surface area contributed by atoms with Gasteiger partial charge in [0.2, 0.25) is 17.7 Å².